The Kier molecular flexibility index (Phi) is 5.32. The van der Waals surface area contributed by atoms with E-state index in [-0.39, 0.29) is 35.1 Å². The zero-order valence-electron chi connectivity index (χ0n) is 12.4. The summed E-state index contributed by atoms with van der Waals surface area (Å²) < 4.78 is 5.19. The van der Waals surface area contributed by atoms with Gasteiger partial charge in [0.05, 0.1) is 17.6 Å². The summed E-state index contributed by atoms with van der Waals surface area (Å²) in [6, 6.07) is 4.20. The van der Waals surface area contributed by atoms with Crippen molar-refractivity contribution in [3.8, 4) is 5.75 Å². The van der Waals surface area contributed by atoms with Gasteiger partial charge in [-0.1, -0.05) is 0 Å². The normalized spacial score (nSPS) is 21.2. The molecule has 0 spiro atoms. The van der Waals surface area contributed by atoms with E-state index < -0.39 is 4.92 Å². The largest absolute Gasteiger partial charge is 0.487 e. The van der Waals surface area contributed by atoms with Gasteiger partial charge in [0.2, 0.25) is 0 Å². The molecule has 0 aromatic heterocycles. The van der Waals surface area contributed by atoms with E-state index in [1.165, 1.54) is 18.2 Å². The van der Waals surface area contributed by atoms with E-state index in [2.05, 4.69) is 5.32 Å². The van der Waals surface area contributed by atoms with Crippen molar-refractivity contribution in [2.24, 2.45) is 0 Å². The second-order valence-electron chi connectivity index (χ2n) is 5.35. The van der Waals surface area contributed by atoms with E-state index >= 15 is 0 Å². The third kappa shape index (κ3) is 3.94. The Balaban J connectivity index is 2.09. The highest BCUT2D eigenvalue weighted by Gasteiger charge is 2.23. The summed E-state index contributed by atoms with van der Waals surface area (Å²) in [4.78, 5) is 22.7. The second-order valence-corrected chi connectivity index (χ2v) is 5.35. The molecule has 2 N–H and O–H groups in total. The van der Waals surface area contributed by atoms with Crippen LogP contribution in [0.25, 0.3) is 0 Å². The monoisotopic (exact) mass is 308 g/mol. The predicted octanol–water partition coefficient (Wildman–Crippen LogP) is 2.03. The lowest BCUT2D eigenvalue weighted by Crippen LogP contribution is -2.38. The first kappa shape index (κ1) is 16.2. The fourth-order valence-electron chi connectivity index (χ4n) is 2.57. The van der Waals surface area contributed by atoms with Crippen LogP contribution in [0.1, 0.15) is 43.0 Å². The summed E-state index contributed by atoms with van der Waals surface area (Å²) in [7, 11) is 0. The molecule has 0 aliphatic heterocycles. The Morgan fingerprint density at radius 1 is 1.41 bits per heavy atom. The van der Waals surface area contributed by atoms with E-state index in [9.17, 15) is 20.0 Å². The molecule has 1 aliphatic rings. The van der Waals surface area contributed by atoms with Crippen molar-refractivity contribution in [2.75, 3.05) is 6.61 Å². The first-order valence-electron chi connectivity index (χ1n) is 7.41. The maximum atomic E-state index is 12.2. The van der Waals surface area contributed by atoms with Gasteiger partial charge in [-0.3, -0.25) is 14.9 Å². The molecule has 1 aliphatic carbocycles. The summed E-state index contributed by atoms with van der Waals surface area (Å²) in [5, 5.41) is 23.4. The van der Waals surface area contributed by atoms with Crippen molar-refractivity contribution in [1.29, 1.82) is 0 Å². The van der Waals surface area contributed by atoms with Gasteiger partial charge < -0.3 is 15.2 Å². The van der Waals surface area contributed by atoms with Crippen LogP contribution in [-0.4, -0.2) is 34.7 Å². The quantitative estimate of drug-likeness (QED) is 0.640. The van der Waals surface area contributed by atoms with Gasteiger partial charge >= 0.3 is 5.69 Å². The Morgan fingerprint density at radius 3 is 2.68 bits per heavy atom. The molecule has 0 bridgehead atoms. The topological polar surface area (TPSA) is 102 Å². The van der Waals surface area contributed by atoms with Crippen LogP contribution in [0.2, 0.25) is 0 Å². The lowest BCUT2D eigenvalue weighted by atomic mass is 9.93. The van der Waals surface area contributed by atoms with Gasteiger partial charge in [0.25, 0.3) is 5.91 Å². The van der Waals surface area contributed by atoms with Gasteiger partial charge in [-0.25, -0.2) is 0 Å². The standard InChI is InChI=1S/C15H20N2O5/c1-2-22-14-8-3-10(9-13(14)17(20)21)15(19)16-11-4-6-12(18)7-5-11/h3,8-9,11-12,18H,2,4-7H2,1H3,(H,16,19). The number of carbonyl (C=O) groups is 1. The Morgan fingerprint density at radius 2 is 2.09 bits per heavy atom. The minimum atomic E-state index is -0.557. The molecule has 0 atom stereocenters. The highest BCUT2D eigenvalue weighted by Crippen LogP contribution is 2.28. The number of nitro benzene ring substituents is 1. The fourth-order valence-corrected chi connectivity index (χ4v) is 2.57. The van der Waals surface area contributed by atoms with Crippen LogP contribution in [0.15, 0.2) is 18.2 Å². The second kappa shape index (κ2) is 7.22. The van der Waals surface area contributed by atoms with Crippen LogP contribution in [0, 0.1) is 10.1 Å². The molecule has 7 heteroatoms. The van der Waals surface area contributed by atoms with Crippen molar-refractivity contribution in [2.45, 2.75) is 44.8 Å². The number of ether oxygens (including phenoxy) is 1. The molecule has 2 rings (SSSR count). The molecule has 7 nitrogen and oxygen atoms in total. The zero-order valence-corrected chi connectivity index (χ0v) is 12.4. The van der Waals surface area contributed by atoms with Gasteiger partial charge in [-0.05, 0) is 44.7 Å². The Labute approximate surface area is 128 Å². The van der Waals surface area contributed by atoms with Gasteiger partial charge in [0.1, 0.15) is 0 Å². The summed E-state index contributed by atoms with van der Waals surface area (Å²) in [5.74, 6) is -0.183. The molecule has 1 amide bonds. The van der Waals surface area contributed by atoms with E-state index in [4.69, 9.17) is 4.74 Å². The van der Waals surface area contributed by atoms with E-state index in [0.717, 1.165) is 0 Å². The predicted molar refractivity (Wildman–Crippen MR) is 80.0 cm³/mol. The van der Waals surface area contributed by atoms with Gasteiger partial charge in [-0.15, -0.1) is 0 Å². The third-order valence-corrected chi connectivity index (χ3v) is 3.75. The molecule has 1 fully saturated rings. The van der Waals surface area contributed by atoms with Gasteiger partial charge in [0, 0.05) is 17.7 Å². The van der Waals surface area contributed by atoms with Crippen molar-refractivity contribution in [3.05, 3.63) is 33.9 Å². The number of amides is 1. The SMILES string of the molecule is CCOc1ccc(C(=O)NC2CCC(O)CC2)cc1[N+](=O)[O-]. The first-order chi connectivity index (χ1) is 10.5. The molecule has 1 aromatic rings. The molecular formula is C15H20N2O5. The molecule has 1 saturated carbocycles. The van der Waals surface area contributed by atoms with Crippen LogP contribution in [0.4, 0.5) is 5.69 Å². The van der Waals surface area contributed by atoms with Gasteiger partial charge in [0.15, 0.2) is 5.75 Å². The number of carbonyl (C=O) groups excluding carboxylic acids is 1. The number of benzene rings is 1. The number of hydrogen-bond donors (Lipinski definition) is 2. The minimum absolute atomic E-state index is 0.00141. The molecule has 0 saturated heterocycles. The van der Waals surface area contributed by atoms with Crippen LogP contribution in [0.3, 0.4) is 0 Å². The number of aliphatic hydroxyl groups is 1. The lowest BCUT2D eigenvalue weighted by Gasteiger charge is -2.26. The Hall–Kier alpha value is -2.15. The maximum absolute atomic E-state index is 12.2. The minimum Gasteiger partial charge on any atom is -0.487 e. The van der Waals surface area contributed by atoms with Crippen LogP contribution in [0.5, 0.6) is 5.75 Å². The summed E-state index contributed by atoms with van der Waals surface area (Å²) in [6.45, 7) is 2.05. The van der Waals surface area contributed by atoms with Crippen molar-refractivity contribution in [3.63, 3.8) is 0 Å². The molecule has 0 unspecified atom stereocenters. The summed E-state index contributed by atoms with van der Waals surface area (Å²) in [5.41, 5.74) is 0.0230. The third-order valence-electron chi connectivity index (χ3n) is 3.75. The average Bonchev–Trinajstić information content (AvgIpc) is 2.50. The molecule has 22 heavy (non-hydrogen) atoms. The smallest absolute Gasteiger partial charge is 0.311 e. The van der Waals surface area contributed by atoms with Crippen LogP contribution in [-0.2, 0) is 0 Å². The molecule has 0 radical (unpaired) electrons. The fraction of sp³-hybridized carbons (Fsp3) is 0.533. The number of nitro groups is 1. The summed E-state index contributed by atoms with van der Waals surface area (Å²) in [6.07, 6.45) is 2.46. The van der Waals surface area contributed by atoms with E-state index in [0.29, 0.717) is 32.3 Å². The number of nitrogens with one attached hydrogen (secondary N) is 1. The molecule has 0 heterocycles. The van der Waals surface area contributed by atoms with E-state index in [1.807, 2.05) is 0 Å². The van der Waals surface area contributed by atoms with Gasteiger partial charge in [-0.2, -0.15) is 0 Å². The van der Waals surface area contributed by atoms with Crippen molar-refractivity contribution >= 4 is 11.6 Å². The highest BCUT2D eigenvalue weighted by atomic mass is 16.6. The zero-order chi connectivity index (χ0) is 16.1. The summed E-state index contributed by atoms with van der Waals surface area (Å²) >= 11 is 0. The highest BCUT2D eigenvalue weighted by molar-refractivity contribution is 5.95. The number of nitrogens with zero attached hydrogens (tertiary/aromatic N) is 1. The number of rotatable bonds is 5. The van der Waals surface area contributed by atoms with E-state index in [1.54, 1.807) is 6.92 Å². The van der Waals surface area contributed by atoms with Crippen molar-refractivity contribution in [1.82, 2.24) is 5.32 Å². The average molecular weight is 308 g/mol. The lowest BCUT2D eigenvalue weighted by molar-refractivity contribution is -0.385. The maximum Gasteiger partial charge on any atom is 0.311 e. The first-order valence-corrected chi connectivity index (χ1v) is 7.41. The Bertz CT molecular complexity index is 553. The van der Waals surface area contributed by atoms with Crippen LogP contribution < -0.4 is 10.1 Å². The molecular weight excluding hydrogens is 288 g/mol. The molecule has 120 valence electrons. The number of hydrogen-bond acceptors (Lipinski definition) is 5. The van der Waals surface area contributed by atoms with Crippen molar-refractivity contribution < 1.29 is 19.6 Å². The number of aliphatic hydroxyl groups excluding tert-OH is 1. The van der Waals surface area contributed by atoms with Crippen LogP contribution >= 0.6 is 0 Å². The molecule has 1 aromatic carbocycles.